The van der Waals surface area contributed by atoms with Crippen molar-refractivity contribution in [1.82, 2.24) is 9.55 Å². The summed E-state index contributed by atoms with van der Waals surface area (Å²) in [5.41, 5.74) is 1.78. The molecular weight excluding hydrogens is 352 g/mol. The Balaban J connectivity index is 1.80. The molecule has 9 nitrogen and oxygen atoms in total. The molecule has 1 aromatic carbocycles. The van der Waals surface area contributed by atoms with Crippen LogP contribution in [0, 0.1) is 0 Å². The van der Waals surface area contributed by atoms with Gasteiger partial charge in [0.05, 0.1) is 12.9 Å². The van der Waals surface area contributed by atoms with Gasteiger partial charge in [0, 0.05) is 12.0 Å². The van der Waals surface area contributed by atoms with Crippen LogP contribution in [0.1, 0.15) is 30.8 Å². The fourth-order valence-corrected chi connectivity index (χ4v) is 3.14. The lowest BCUT2D eigenvalue weighted by molar-refractivity contribution is -0.0519. The number of ether oxygens (including phenoxy) is 1. The van der Waals surface area contributed by atoms with Gasteiger partial charge in [-0.05, 0) is 0 Å². The van der Waals surface area contributed by atoms with Gasteiger partial charge in [0.15, 0.2) is 12.0 Å². The Kier molecular flexibility index (Phi) is 4.75. The number of nitrogens with zero attached hydrogens (tertiary/aromatic N) is 4. The van der Waals surface area contributed by atoms with Crippen LogP contribution in [0.2, 0.25) is 0 Å². The quantitative estimate of drug-likeness (QED) is 0.727. The van der Waals surface area contributed by atoms with Crippen LogP contribution in [-0.2, 0) is 9.57 Å². The first-order valence-electron chi connectivity index (χ1n) is 8.71. The van der Waals surface area contributed by atoms with Crippen LogP contribution in [-0.4, -0.2) is 61.4 Å². The number of hydrogen-bond acceptors (Lipinski definition) is 8. The summed E-state index contributed by atoms with van der Waals surface area (Å²) in [5, 5.41) is 34.0. The monoisotopic (exact) mass is 372 g/mol. The highest BCUT2D eigenvalue weighted by atomic mass is 16.6. The number of aromatic nitrogens is 2. The first kappa shape index (κ1) is 17.8. The van der Waals surface area contributed by atoms with E-state index in [9.17, 15) is 15.3 Å². The molecule has 27 heavy (non-hydrogen) atoms. The molecule has 0 aliphatic carbocycles. The Bertz CT molecular complexity index is 879. The van der Waals surface area contributed by atoms with Gasteiger partial charge in [0.1, 0.15) is 29.7 Å². The molecule has 4 atom stereocenters. The van der Waals surface area contributed by atoms with Gasteiger partial charge < -0.3 is 24.9 Å². The Morgan fingerprint density at radius 2 is 1.93 bits per heavy atom. The molecule has 4 rings (SSSR count). The van der Waals surface area contributed by atoms with Gasteiger partial charge in [-0.2, -0.15) is 4.99 Å². The SMILES string of the molecule is CCC1=Nc2c(ncn2[C@@H]2O[C@H](CO)[C@@H](O)[C@H]2O)C(c2ccccc2)=NO1. The molecule has 1 aromatic heterocycles. The molecule has 0 spiro atoms. The summed E-state index contributed by atoms with van der Waals surface area (Å²) >= 11 is 0. The van der Waals surface area contributed by atoms with Gasteiger partial charge in [0.2, 0.25) is 5.90 Å². The second kappa shape index (κ2) is 7.20. The number of aliphatic hydroxyl groups is 3. The zero-order valence-electron chi connectivity index (χ0n) is 14.6. The molecule has 0 unspecified atom stereocenters. The first-order valence-corrected chi connectivity index (χ1v) is 8.71. The maximum atomic E-state index is 10.4. The highest BCUT2D eigenvalue weighted by Gasteiger charge is 2.44. The number of rotatable bonds is 4. The number of imidazole rings is 1. The lowest BCUT2D eigenvalue weighted by atomic mass is 10.1. The van der Waals surface area contributed by atoms with Crippen LogP contribution in [0.4, 0.5) is 5.82 Å². The Labute approximate surface area is 155 Å². The van der Waals surface area contributed by atoms with Crippen LogP contribution in [0.15, 0.2) is 46.8 Å². The van der Waals surface area contributed by atoms with Crippen LogP contribution < -0.4 is 0 Å². The van der Waals surface area contributed by atoms with Crippen LogP contribution in [0.3, 0.4) is 0 Å². The summed E-state index contributed by atoms with van der Waals surface area (Å²) in [7, 11) is 0. The Morgan fingerprint density at radius 3 is 2.59 bits per heavy atom. The average Bonchev–Trinajstić information content (AvgIpc) is 3.16. The molecule has 3 heterocycles. The van der Waals surface area contributed by atoms with Gasteiger partial charge in [-0.25, -0.2) is 4.98 Å². The van der Waals surface area contributed by atoms with E-state index in [0.717, 1.165) is 5.56 Å². The summed E-state index contributed by atoms with van der Waals surface area (Å²) in [6.45, 7) is 1.48. The van der Waals surface area contributed by atoms with E-state index in [1.807, 2.05) is 37.3 Å². The minimum Gasteiger partial charge on any atom is -0.394 e. The van der Waals surface area contributed by atoms with E-state index in [0.29, 0.717) is 29.5 Å². The molecule has 2 aromatic rings. The lowest BCUT2D eigenvalue weighted by Crippen LogP contribution is -2.33. The normalized spacial score (nSPS) is 27.4. The zero-order valence-corrected chi connectivity index (χ0v) is 14.6. The topological polar surface area (TPSA) is 122 Å². The maximum absolute atomic E-state index is 10.4. The number of aliphatic hydroxyl groups excluding tert-OH is 3. The number of hydrogen-bond donors (Lipinski definition) is 3. The molecule has 3 N–H and O–H groups in total. The van der Waals surface area contributed by atoms with Gasteiger partial charge in [0.25, 0.3) is 0 Å². The van der Waals surface area contributed by atoms with Crippen molar-refractivity contribution in [3.05, 3.63) is 47.9 Å². The summed E-state index contributed by atoms with van der Waals surface area (Å²) in [6, 6.07) is 9.43. The first-order chi connectivity index (χ1) is 13.1. The number of aliphatic imine (C=N–C) groups is 1. The third kappa shape index (κ3) is 3.04. The summed E-state index contributed by atoms with van der Waals surface area (Å²) in [5.74, 6) is 0.789. The second-order valence-corrected chi connectivity index (χ2v) is 6.31. The largest absolute Gasteiger partial charge is 0.394 e. The van der Waals surface area contributed by atoms with E-state index in [2.05, 4.69) is 15.1 Å². The standard InChI is InChI=1S/C18H20N4O5/c1-2-12-20-17-14(13(21-27-12)10-6-4-3-5-7-10)19-9-22(17)18-16(25)15(24)11(8-23)26-18/h3-7,9,11,15-16,18,23-25H,2,8H2,1H3/t11-,15-,16-,18-/m1/s1. The predicted molar refractivity (Wildman–Crippen MR) is 95.8 cm³/mol. The molecule has 0 bridgehead atoms. The average molecular weight is 372 g/mol. The van der Waals surface area contributed by atoms with Crippen molar-refractivity contribution in [3.63, 3.8) is 0 Å². The van der Waals surface area contributed by atoms with Gasteiger partial charge in [-0.1, -0.05) is 42.4 Å². The predicted octanol–water partition coefficient (Wildman–Crippen LogP) is 0.717. The molecular formula is C18H20N4O5. The maximum Gasteiger partial charge on any atom is 0.226 e. The molecule has 2 aliphatic heterocycles. The molecule has 9 heteroatoms. The van der Waals surface area contributed by atoms with Crippen molar-refractivity contribution < 1.29 is 24.9 Å². The van der Waals surface area contributed by atoms with Crippen molar-refractivity contribution in [1.29, 1.82) is 0 Å². The number of fused-ring (bicyclic) bond motifs is 1. The van der Waals surface area contributed by atoms with Crippen molar-refractivity contribution in [2.24, 2.45) is 10.1 Å². The Morgan fingerprint density at radius 1 is 1.15 bits per heavy atom. The second-order valence-electron chi connectivity index (χ2n) is 6.31. The third-order valence-electron chi connectivity index (χ3n) is 4.61. The van der Waals surface area contributed by atoms with E-state index >= 15 is 0 Å². The number of benzene rings is 1. The summed E-state index contributed by atoms with van der Waals surface area (Å²) in [4.78, 5) is 14.4. The molecule has 142 valence electrons. The van der Waals surface area contributed by atoms with Gasteiger partial charge in [-0.3, -0.25) is 4.57 Å². The van der Waals surface area contributed by atoms with E-state index in [1.165, 1.54) is 10.9 Å². The zero-order chi connectivity index (χ0) is 19.0. The number of oxime groups is 1. The summed E-state index contributed by atoms with van der Waals surface area (Å²) in [6.07, 6.45) is -2.29. The fourth-order valence-electron chi connectivity index (χ4n) is 3.14. The van der Waals surface area contributed by atoms with E-state index in [-0.39, 0.29) is 0 Å². The third-order valence-corrected chi connectivity index (χ3v) is 4.61. The van der Waals surface area contributed by atoms with Crippen molar-refractivity contribution in [2.45, 2.75) is 37.9 Å². The van der Waals surface area contributed by atoms with Crippen LogP contribution in [0.5, 0.6) is 0 Å². The summed E-state index contributed by atoms with van der Waals surface area (Å²) < 4.78 is 7.15. The minimum atomic E-state index is -1.23. The molecule has 1 fully saturated rings. The fraction of sp³-hybridized carbons (Fsp3) is 0.389. The van der Waals surface area contributed by atoms with Crippen LogP contribution in [0.25, 0.3) is 0 Å². The van der Waals surface area contributed by atoms with E-state index in [4.69, 9.17) is 9.57 Å². The van der Waals surface area contributed by atoms with E-state index in [1.54, 1.807) is 0 Å². The molecule has 2 aliphatic rings. The highest BCUT2D eigenvalue weighted by Crippen LogP contribution is 2.35. The lowest BCUT2D eigenvalue weighted by Gasteiger charge is -2.17. The highest BCUT2D eigenvalue weighted by molar-refractivity contribution is 6.14. The minimum absolute atomic E-state index is 0.385. The van der Waals surface area contributed by atoms with Gasteiger partial charge in [-0.15, -0.1) is 0 Å². The molecule has 1 saturated heterocycles. The molecule has 0 radical (unpaired) electrons. The van der Waals surface area contributed by atoms with Gasteiger partial charge >= 0.3 is 0 Å². The van der Waals surface area contributed by atoms with Crippen molar-refractivity contribution >= 4 is 17.4 Å². The van der Waals surface area contributed by atoms with E-state index < -0.39 is 31.1 Å². The van der Waals surface area contributed by atoms with Crippen molar-refractivity contribution in [2.75, 3.05) is 6.61 Å². The smallest absolute Gasteiger partial charge is 0.226 e. The van der Waals surface area contributed by atoms with Crippen molar-refractivity contribution in [3.8, 4) is 0 Å². The Hall–Kier alpha value is -2.59. The molecule has 0 saturated carbocycles. The molecule has 0 amide bonds. The van der Waals surface area contributed by atoms with Crippen LogP contribution >= 0.6 is 0 Å².